The molecule has 0 amide bonds. The molecule has 1 radical (unpaired) electrons. The van der Waals surface area contributed by atoms with Crippen molar-refractivity contribution in [2.75, 3.05) is 0 Å². The maximum Gasteiger partial charge on any atom is 0 e. The quantitative estimate of drug-likeness (QED) is 0.147. The first-order chi connectivity index (χ1) is 31.3. The number of rotatable bonds is 1. The molecule has 3 aliphatic rings. The van der Waals surface area contributed by atoms with Crippen LogP contribution in [0.2, 0.25) is 0 Å². The number of fused-ring (bicyclic) bond motifs is 2. The van der Waals surface area contributed by atoms with Crippen molar-refractivity contribution in [1.82, 2.24) is 0 Å². The molecule has 0 bridgehead atoms. The molecule has 8 rings (SSSR count). The molecule has 0 N–H and O–H groups in total. The molecule has 0 nitrogen and oxygen atoms in total. The van der Waals surface area contributed by atoms with E-state index in [1.165, 1.54) is 62.1 Å². The van der Waals surface area contributed by atoms with Crippen LogP contribution in [-0.4, -0.2) is 0 Å². The van der Waals surface area contributed by atoms with Crippen LogP contribution in [0.25, 0.3) is 10.8 Å². The minimum Gasteiger partial charge on any atom is -0.184 e. The summed E-state index contributed by atoms with van der Waals surface area (Å²) in [7, 11) is 0. The Morgan fingerprint density at radius 2 is 0.677 bits per heavy atom. The van der Waals surface area contributed by atoms with Gasteiger partial charge >= 0.3 is 0 Å². The monoisotopic (exact) mass is 927 g/mol. The summed E-state index contributed by atoms with van der Waals surface area (Å²) in [6.07, 6.45) is 18.0. The first-order valence-corrected chi connectivity index (χ1v) is 26.5. The average molecular weight is 928 g/mol. The Kier molecular flexibility index (Phi) is 64.5. The Morgan fingerprint density at radius 3 is 0.862 bits per heavy atom. The van der Waals surface area contributed by atoms with Crippen molar-refractivity contribution in [3.8, 4) is 0 Å². The predicted octanol–water partition coefficient (Wildman–Crippen LogP) is 22.1. The second-order valence-corrected chi connectivity index (χ2v) is 15.7. The van der Waals surface area contributed by atoms with Crippen LogP contribution < -0.4 is 0 Å². The van der Waals surface area contributed by atoms with Crippen LogP contribution in [0.4, 0.5) is 0 Å². The van der Waals surface area contributed by atoms with Crippen LogP contribution in [0.1, 0.15) is 209 Å². The smallest absolute Gasteiger partial charge is 0 e. The molecule has 5 aromatic carbocycles. The van der Waals surface area contributed by atoms with Gasteiger partial charge in [-0.2, -0.15) is 109 Å². The largest absolute Gasteiger partial charge is 0.184 e. The number of benzene rings is 5. The first kappa shape index (κ1) is 73.5. The zero-order chi connectivity index (χ0) is 49.8. The van der Waals surface area contributed by atoms with Gasteiger partial charge in [-0.1, -0.05) is 238 Å². The van der Waals surface area contributed by atoms with Crippen molar-refractivity contribution in [1.29, 1.82) is 0 Å². The molecule has 0 saturated heterocycles. The molecule has 2 unspecified atom stereocenters. The van der Waals surface area contributed by atoms with E-state index >= 15 is 0 Å². The van der Waals surface area contributed by atoms with Crippen molar-refractivity contribution in [3.05, 3.63) is 158 Å². The fourth-order valence-electron chi connectivity index (χ4n) is 8.44. The first-order valence-electron chi connectivity index (χ1n) is 26.5. The molecule has 65 heavy (non-hydrogen) atoms. The molecule has 5 aromatic rings. The summed E-state index contributed by atoms with van der Waals surface area (Å²) < 4.78 is 0. The van der Waals surface area contributed by atoms with Crippen LogP contribution in [0.15, 0.2) is 140 Å². The van der Waals surface area contributed by atoms with Gasteiger partial charge in [0, 0.05) is 18.6 Å². The third kappa shape index (κ3) is 43.3. The van der Waals surface area contributed by atoms with Gasteiger partial charge in [0.2, 0.25) is 0 Å². The van der Waals surface area contributed by atoms with Gasteiger partial charge in [0.05, 0.1) is 0 Å². The van der Waals surface area contributed by atoms with E-state index in [9.17, 15) is 0 Å². The van der Waals surface area contributed by atoms with E-state index in [0.29, 0.717) is 10.8 Å². The van der Waals surface area contributed by atoms with E-state index in [2.05, 4.69) is 101 Å². The Bertz CT molecular complexity index is 1240. The molecule has 1 heteroatoms. The Labute approximate surface area is 421 Å². The zero-order valence-electron chi connectivity index (χ0n) is 46.4. The van der Waals surface area contributed by atoms with Crippen molar-refractivity contribution in [3.63, 3.8) is 0 Å². The summed E-state index contributed by atoms with van der Waals surface area (Å²) in [4.78, 5) is 0. The van der Waals surface area contributed by atoms with Crippen molar-refractivity contribution in [2.45, 2.75) is 209 Å². The molecule has 0 spiro atoms. The van der Waals surface area contributed by atoms with Crippen molar-refractivity contribution < 1.29 is 18.6 Å². The summed E-state index contributed by atoms with van der Waals surface area (Å²) in [6, 6.07) is 54.2. The molecule has 3 saturated carbocycles. The van der Waals surface area contributed by atoms with Crippen LogP contribution in [0.5, 0.6) is 0 Å². The minimum atomic E-state index is 0. The average Bonchev–Trinajstić information content (AvgIpc) is 3.40. The fraction of sp³-hybridized carbons (Fsp3) is 0.562. The maximum absolute atomic E-state index is 2.89. The van der Waals surface area contributed by atoms with E-state index in [1.54, 1.807) is 25.7 Å². The second kappa shape index (κ2) is 57.1. The van der Waals surface area contributed by atoms with Gasteiger partial charge in [-0.05, 0) is 58.6 Å². The summed E-state index contributed by atoms with van der Waals surface area (Å²) >= 11 is 0. The molecular weight excluding hydrogens is 820 g/mol. The van der Waals surface area contributed by atoms with E-state index in [4.69, 9.17) is 0 Å². The van der Waals surface area contributed by atoms with Crippen LogP contribution in [0.3, 0.4) is 0 Å². The van der Waals surface area contributed by atoms with Gasteiger partial charge in [-0.15, -0.1) is 0 Å². The molecule has 3 aliphatic carbocycles. The summed E-state index contributed by atoms with van der Waals surface area (Å²) in [5.74, 6) is 3.24. The standard InChI is InChI=1S/C12H24.C10H18.C10H8.3C6H5.7C2H6.V/c1-6-12(5)8-10(2)7-11(3,4)9-12;2*1-2-6-10-8-4-3-7-9(10)5-1;3*1-2-4-6-5-3-1;7*1-2;/h10H,6-9H2,1-5H3;9-10H,1-8H2;1-8H;3*1-5H;7*1-2H3;/q;;;3*-1;;;;;;;;. The van der Waals surface area contributed by atoms with Gasteiger partial charge in [0.25, 0.3) is 0 Å². The number of hydrogen-bond acceptors (Lipinski definition) is 0. The van der Waals surface area contributed by atoms with Crippen LogP contribution >= 0.6 is 0 Å². The second-order valence-electron chi connectivity index (χ2n) is 15.7. The van der Waals surface area contributed by atoms with E-state index < -0.39 is 0 Å². The SMILES string of the molecule is C1CCC2CCCCC2C1.CC.CC.CC.CC.CC.CC.CC.CCC1(C)CC(C)CC(C)(C)C1.[V].[c-]1ccccc1.[c-]1ccccc1.[c-]1ccccc1.c1ccc2ccccc2c1. The molecule has 0 aliphatic heterocycles. The Balaban J connectivity index is -0.000000154. The van der Waals surface area contributed by atoms with Gasteiger partial charge in [0.1, 0.15) is 0 Å². The zero-order valence-corrected chi connectivity index (χ0v) is 47.8. The minimum absolute atomic E-state index is 0. The maximum atomic E-state index is 2.89. The third-order valence-electron chi connectivity index (χ3n) is 10.4. The topological polar surface area (TPSA) is 0 Å². The van der Waals surface area contributed by atoms with E-state index in [-0.39, 0.29) is 18.6 Å². The number of hydrogen-bond donors (Lipinski definition) is 0. The van der Waals surface area contributed by atoms with Crippen molar-refractivity contribution >= 4 is 10.8 Å². The van der Waals surface area contributed by atoms with Gasteiger partial charge in [-0.3, -0.25) is 0 Å². The Morgan fingerprint density at radius 1 is 0.415 bits per heavy atom. The molecule has 371 valence electrons. The summed E-state index contributed by atoms with van der Waals surface area (Å²) in [5, 5.41) is 2.62. The fourth-order valence-corrected chi connectivity index (χ4v) is 8.44. The predicted molar refractivity (Wildman–Crippen MR) is 298 cm³/mol. The van der Waals surface area contributed by atoms with Gasteiger partial charge in [-0.25, -0.2) is 0 Å². The van der Waals surface area contributed by atoms with Gasteiger partial charge in [0.15, 0.2) is 0 Å². The van der Waals surface area contributed by atoms with Crippen molar-refractivity contribution in [2.24, 2.45) is 28.6 Å². The van der Waals surface area contributed by atoms with E-state index in [0.717, 1.165) is 17.8 Å². The molecule has 0 heterocycles. The van der Waals surface area contributed by atoms with Crippen LogP contribution in [-0.2, 0) is 18.6 Å². The van der Waals surface area contributed by atoms with Gasteiger partial charge < -0.3 is 0 Å². The van der Waals surface area contributed by atoms with E-state index in [1.807, 2.05) is 188 Å². The molecule has 3 fully saturated rings. The summed E-state index contributed by atoms with van der Waals surface area (Å²) in [5.41, 5.74) is 1.21. The molecular formula is C64H107V-3. The molecule has 2 atom stereocenters. The Hall–Kier alpha value is -3.06. The normalized spacial score (nSPS) is 18.3. The third-order valence-corrected chi connectivity index (χ3v) is 10.4. The van der Waals surface area contributed by atoms with Crippen LogP contribution in [0, 0.1) is 46.8 Å². The summed E-state index contributed by atoms with van der Waals surface area (Å²) in [6.45, 7) is 40.1. The molecule has 0 aromatic heterocycles.